The number of piperidine rings is 1. The highest BCUT2D eigenvalue weighted by Gasteiger charge is 2.37. The summed E-state index contributed by atoms with van der Waals surface area (Å²) in [6.45, 7) is 11.9. The number of aliphatic imine (C=N–C) groups is 1. The third-order valence-electron chi connectivity index (χ3n) is 8.17. The number of hydrogen-bond donors (Lipinski definition) is 3. The van der Waals surface area contributed by atoms with E-state index in [-0.39, 0.29) is 24.4 Å². The molecule has 0 spiro atoms. The number of likely N-dealkylation sites (tertiary alicyclic amines) is 1. The third-order valence-corrected chi connectivity index (χ3v) is 8.17. The number of likely N-dealkylation sites (N-methyl/N-ethyl adjacent to an activating group) is 1. The molecule has 0 bridgehead atoms. The number of para-hydroxylation sites is 1. The first kappa shape index (κ1) is 38.5. The van der Waals surface area contributed by atoms with E-state index in [9.17, 15) is 27.6 Å². The fraction of sp³-hybridized carbons (Fsp3) is 0.316. The third kappa shape index (κ3) is 11.1. The van der Waals surface area contributed by atoms with E-state index in [1.165, 1.54) is 11.0 Å². The monoisotopic (exact) mass is 704 g/mol. The number of rotatable bonds is 9. The van der Waals surface area contributed by atoms with Crippen LogP contribution in [-0.2, 0) is 27.0 Å². The number of halogens is 3. The molecule has 51 heavy (non-hydrogen) atoms. The number of nitrogens with one attached hydrogen (secondary N) is 2. The van der Waals surface area contributed by atoms with Crippen molar-refractivity contribution in [3.8, 4) is 0 Å². The van der Waals surface area contributed by atoms with Gasteiger partial charge in [-0.25, -0.2) is 4.99 Å². The normalized spacial score (nSPS) is 18.4. The molecule has 270 valence electrons. The molecular formula is C38H43F3N6O4. The average molecular weight is 705 g/mol. The number of allylic oxidation sites excluding steroid dienone is 1. The quantitative estimate of drug-likeness (QED) is 0.263. The molecule has 0 aromatic heterocycles. The number of morpholine rings is 1. The van der Waals surface area contributed by atoms with Crippen molar-refractivity contribution in [3.05, 3.63) is 125 Å². The van der Waals surface area contributed by atoms with Gasteiger partial charge in [-0.15, -0.1) is 0 Å². The molecule has 13 heteroatoms. The van der Waals surface area contributed by atoms with E-state index in [4.69, 9.17) is 10.5 Å². The van der Waals surface area contributed by atoms with Crippen molar-refractivity contribution in [2.24, 2.45) is 10.7 Å². The predicted molar refractivity (Wildman–Crippen MR) is 190 cm³/mol. The Hall–Kier alpha value is -5.27. The summed E-state index contributed by atoms with van der Waals surface area (Å²) in [6, 6.07) is 22.0. The fourth-order valence-electron chi connectivity index (χ4n) is 5.43. The molecular weight excluding hydrogens is 661 g/mol. The summed E-state index contributed by atoms with van der Waals surface area (Å²) < 4.78 is 44.2. The van der Waals surface area contributed by atoms with Crippen LogP contribution in [0.2, 0.25) is 0 Å². The molecule has 3 aromatic carbocycles. The van der Waals surface area contributed by atoms with Gasteiger partial charge in [-0.1, -0.05) is 61.2 Å². The van der Waals surface area contributed by atoms with Gasteiger partial charge in [0.2, 0.25) is 5.91 Å². The van der Waals surface area contributed by atoms with Crippen LogP contribution in [0.1, 0.15) is 41.8 Å². The number of nitrogens with zero attached hydrogens (tertiary/aromatic N) is 3. The predicted octanol–water partition coefficient (Wildman–Crippen LogP) is 5.21. The van der Waals surface area contributed by atoms with E-state index in [1.54, 1.807) is 26.0 Å². The zero-order valence-electron chi connectivity index (χ0n) is 28.7. The van der Waals surface area contributed by atoms with Gasteiger partial charge in [0.25, 0.3) is 11.8 Å². The number of amidine groups is 1. The Morgan fingerprint density at radius 3 is 2.25 bits per heavy atom. The maximum Gasteiger partial charge on any atom is 0.416 e. The summed E-state index contributed by atoms with van der Waals surface area (Å²) in [7, 11) is 0. The van der Waals surface area contributed by atoms with Gasteiger partial charge in [-0.05, 0) is 49.7 Å². The van der Waals surface area contributed by atoms with Gasteiger partial charge in [0.1, 0.15) is 11.9 Å². The molecule has 2 aliphatic heterocycles. The van der Waals surface area contributed by atoms with E-state index in [0.717, 1.165) is 50.1 Å². The van der Waals surface area contributed by atoms with Gasteiger partial charge in [-0.2, -0.15) is 13.2 Å². The van der Waals surface area contributed by atoms with Gasteiger partial charge >= 0.3 is 6.18 Å². The van der Waals surface area contributed by atoms with Crippen LogP contribution in [0.3, 0.4) is 0 Å². The molecule has 1 unspecified atom stereocenters. The summed E-state index contributed by atoms with van der Waals surface area (Å²) in [5, 5.41) is 5.45. The highest BCUT2D eigenvalue weighted by atomic mass is 19.4. The van der Waals surface area contributed by atoms with Gasteiger partial charge in [0.15, 0.2) is 0 Å². The number of benzene rings is 3. The molecule has 2 saturated heterocycles. The van der Waals surface area contributed by atoms with Crippen LogP contribution in [0.25, 0.3) is 0 Å². The van der Waals surface area contributed by atoms with Crippen molar-refractivity contribution < 1.29 is 32.3 Å². The molecule has 5 rings (SSSR count). The second-order valence-corrected chi connectivity index (χ2v) is 12.0. The molecule has 10 nitrogen and oxygen atoms in total. The molecule has 0 saturated carbocycles. The van der Waals surface area contributed by atoms with Gasteiger partial charge in [-0.3, -0.25) is 24.2 Å². The minimum absolute atomic E-state index is 0.0738. The van der Waals surface area contributed by atoms with E-state index in [1.807, 2.05) is 48.5 Å². The summed E-state index contributed by atoms with van der Waals surface area (Å²) in [4.78, 5) is 45.9. The van der Waals surface area contributed by atoms with Crippen molar-refractivity contribution in [2.75, 3.05) is 39.4 Å². The lowest BCUT2D eigenvalue weighted by molar-refractivity contribution is -0.137. The van der Waals surface area contributed by atoms with E-state index in [2.05, 4.69) is 27.1 Å². The first-order chi connectivity index (χ1) is 24.4. The van der Waals surface area contributed by atoms with Crippen molar-refractivity contribution in [1.82, 2.24) is 20.4 Å². The van der Waals surface area contributed by atoms with Crippen LogP contribution in [0, 0.1) is 0 Å². The number of hydrogen-bond acceptors (Lipinski definition) is 7. The number of nitrogens with two attached hydrogens (primary N) is 1. The second kappa shape index (κ2) is 18.1. The lowest BCUT2D eigenvalue weighted by Crippen LogP contribution is -2.55. The fourth-order valence-corrected chi connectivity index (χ4v) is 5.43. The number of alkyl halides is 3. The Bertz CT molecular complexity index is 1730. The molecule has 4 N–H and O–H groups in total. The molecule has 2 aliphatic rings. The van der Waals surface area contributed by atoms with Crippen LogP contribution < -0.4 is 16.4 Å². The highest BCUT2D eigenvalue weighted by Crippen LogP contribution is 2.30. The lowest BCUT2D eigenvalue weighted by Gasteiger charge is -2.35. The van der Waals surface area contributed by atoms with Crippen LogP contribution in [0.5, 0.6) is 0 Å². The first-order valence-corrected chi connectivity index (χ1v) is 16.6. The molecule has 0 radical (unpaired) electrons. The zero-order valence-corrected chi connectivity index (χ0v) is 28.7. The van der Waals surface area contributed by atoms with Crippen molar-refractivity contribution in [3.63, 3.8) is 0 Å². The number of carbonyl (C=O) groups is 3. The van der Waals surface area contributed by atoms with Gasteiger partial charge < -0.3 is 21.1 Å². The van der Waals surface area contributed by atoms with E-state index >= 15 is 0 Å². The molecule has 1 atom stereocenters. The van der Waals surface area contributed by atoms with Crippen molar-refractivity contribution >= 4 is 29.2 Å². The Kier molecular flexibility index (Phi) is 13.7. The van der Waals surface area contributed by atoms with Crippen LogP contribution in [-0.4, -0.2) is 78.8 Å². The summed E-state index contributed by atoms with van der Waals surface area (Å²) in [5.41, 5.74) is 8.31. The van der Waals surface area contributed by atoms with Crippen molar-refractivity contribution in [2.45, 2.75) is 39.0 Å². The summed E-state index contributed by atoms with van der Waals surface area (Å²) in [5.74, 6) is -0.862. The number of ether oxygens (including phenoxy) is 1. The topological polar surface area (TPSA) is 129 Å². The van der Waals surface area contributed by atoms with Crippen LogP contribution >= 0.6 is 0 Å². The van der Waals surface area contributed by atoms with Crippen LogP contribution in [0.15, 0.2) is 113 Å². The largest absolute Gasteiger partial charge is 0.416 e. The average Bonchev–Trinajstić information content (AvgIpc) is 3.13. The maximum atomic E-state index is 13.1. The van der Waals surface area contributed by atoms with E-state index in [0.29, 0.717) is 41.5 Å². The summed E-state index contributed by atoms with van der Waals surface area (Å²) in [6.07, 6.45) is -4.50. The smallest absolute Gasteiger partial charge is 0.402 e. The molecule has 2 fully saturated rings. The van der Waals surface area contributed by atoms with Gasteiger partial charge in [0, 0.05) is 61.6 Å². The SMILES string of the molecule is C=C(CN1CCOCC1)C(=O)NCc1ccccc1.CCN1C(=O)C(NC(=O)c2cccc(C(F)(F)F)c2)C/C(=C(\C)N)C1=Nc1ccccc1. The lowest BCUT2D eigenvalue weighted by atomic mass is 9.95. The minimum atomic E-state index is -4.58. The van der Waals surface area contributed by atoms with E-state index < -0.39 is 29.6 Å². The number of amides is 3. The zero-order chi connectivity index (χ0) is 37.0. The maximum absolute atomic E-state index is 13.1. The standard InChI is InChI=1S/C23H23F3N4O2.C15H20N2O2/c1-3-30-20(28-17-10-5-4-6-11-17)18(14(2)27)13-19(22(30)32)29-21(31)15-8-7-9-16(12-15)23(24,25)26;1-13(12-17-7-9-19-10-8-17)15(18)16-11-14-5-3-2-4-6-14/h4-12,19H,3,13,27H2,1-2H3,(H,29,31);2-6H,1,7-12H2,(H,16,18)/b18-14-,28-20?;. The Morgan fingerprint density at radius 2 is 1.65 bits per heavy atom. The molecule has 3 amide bonds. The number of carbonyl (C=O) groups excluding carboxylic acids is 3. The Labute approximate surface area is 295 Å². The molecule has 0 aliphatic carbocycles. The van der Waals surface area contributed by atoms with Gasteiger partial charge in [0.05, 0.1) is 24.5 Å². The van der Waals surface area contributed by atoms with Crippen LogP contribution in [0.4, 0.5) is 18.9 Å². The molecule has 2 heterocycles. The highest BCUT2D eigenvalue weighted by molar-refractivity contribution is 6.14. The molecule has 3 aromatic rings. The Balaban J connectivity index is 0.000000261. The minimum Gasteiger partial charge on any atom is -0.402 e. The first-order valence-electron chi connectivity index (χ1n) is 16.6. The van der Waals surface area contributed by atoms with Crippen molar-refractivity contribution in [1.29, 1.82) is 0 Å². The second-order valence-electron chi connectivity index (χ2n) is 12.0. The Morgan fingerprint density at radius 1 is 1.00 bits per heavy atom. The summed E-state index contributed by atoms with van der Waals surface area (Å²) >= 11 is 0.